The van der Waals surface area contributed by atoms with E-state index in [4.69, 9.17) is 16.3 Å². The molecule has 0 saturated carbocycles. The molecule has 5 rings (SSSR count). The number of nitrogens with zero attached hydrogens (tertiary/aromatic N) is 6. The molecule has 0 unspecified atom stereocenters. The summed E-state index contributed by atoms with van der Waals surface area (Å²) in [6, 6.07) is 6.00. The molecule has 2 saturated heterocycles. The van der Waals surface area contributed by atoms with Gasteiger partial charge in [0.2, 0.25) is 0 Å². The van der Waals surface area contributed by atoms with E-state index >= 15 is 0 Å². The number of hydrogen-bond donors (Lipinski definition) is 0. The maximum atomic E-state index is 14.5. The minimum Gasteiger partial charge on any atom is -0.371 e. The van der Waals surface area contributed by atoms with Gasteiger partial charge < -0.3 is 9.64 Å². The average Bonchev–Trinajstić information content (AvgIpc) is 3.16. The number of hydrogen-bond acceptors (Lipinski definition) is 6. The summed E-state index contributed by atoms with van der Waals surface area (Å²) in [7, 11) is 0. The first-order valence-electron chi connectivity index (χ1n) is 11.2. The zero-order valence-electron chi connectivity index (χ0n) is 18.7. The van der Waals surface area contributed by atoms with E-state index in [2.05, 4.69) is 27.2 Å². The Morgan fingerprint density at radius 3 is 2.76 bits per heavy atom. The summed E-state index contributed by atoms with van der Waals surface area (Å²) in [5.41, 5.74) is 1.73. The minimum atomic E-state index is -0.492. The predicted octanol–water partition coefficient (Wildman–Crippen LogP) is 3.37. The van der Waals surface area contributed by atoms with Gasteiger partial charge in [-0.1, -0.05) is 23.7 Å². The van der Waals surface area contributed by atoms with Crippen LogP contribution < -0.4 is 10.5 Å². The number of halogens is 2. The lowest BCUT2D eigenvalue weighted by Crippen LogP contribution is -2.65. The second-order valence-corrected chi connectivity index (χ2v) is 9.46. The highest BCUT2D eigenvalue weighted by Gasteiger charge is 2.46. The molecule has 2 fully saturated rings. The third-order valence-electron chi connectivity index (χ3n) is 6.57. The van der Waals surface area contributed by atoms with Gasteiger partial charge in [-0.05, 0) is 43.9 Å². The SMILES string of the molecule is CCn1nnc(-c2ccc(Cl)cc2F)c1Cn1ncc(N2CC3(CC[C@@H](C)CO3)C2)cc1=O. The van der Waals surface area contributed by atoms with Crippen LogP contribution in [0.1, 0.15) is 32.4 Å². The standard InChI is InChI=1S/C23H26ClFN6O2/c1-3-30-20(22(27-28-30)18-5-4-16(24)8-19(18)25)11-31-21(32)9-17(10-26-31)29-13-23(14-29)7-6-15(2)12-33-23/h4-5,8-10,15H,3,6-7,11-14H2,1-2H3/t15-/m1/s1. The van der Waals surface area contributed by atoms with Gasteiger partial charge in [-0.15, -0.1) is 5.10 Å². The lowest BCUT2D eigenvalue weighted by molar-refractivity contribution is -0.113. The van der Waals surface area contributed by atoms with Gasteiger partial charge in [-0.3, -0.25) is 4.79 Å². The fourth-order valence-electron chi connectivity index (χ4n) is 4.56. The Morgan fingerprint density at radius 1 is 1.27 bits per heavy atom. The molecule has 1 spiro atoms. The Labute approximate surface area is 195 Å². The van der Waals surface area contributed by atoms with Crippen LogP contribution in [0.2, 0.25) is 5.02 Å². The smallest absolute Gasteiger partial charge is 0.269 e. The first kappa shape index (κ1) is 22.0. The largest absolute Gasteiger partial charge is 0.371 e. The monoisotopic (exact) mass is 472 g/mol. The van der Waals surface area contributed by atoms with Crippen LogP contribution >= 0.6 is 11.6 Å². The second-order valence-electron chi connectivity index (χ2n) is 9.03. The summed E-state index contributed by atoms with van der Waals surface area (Å²) in [5.74, 6) is 0.112. The minimum absolute atomic E-state index is 0.0851. The van der Waals surface area contributed by atoms with Gasteiger partial charge in [0.25, 0.3) is 5.56 Å². The lowest BCUT2D eigenvalue weighted by atomic mass is 9.83. The van der Waals surface area contributed by atoms with Crippen molar-refractivity contribution >= 4 is 17.3 Å². The van der Waals surface area contributed by atoms with E-state index in [1.165, 1.54) is 17.2 Å². The molecule has 0 radical (unpaired) electrons. The quantitative estimate of drug-likeness (QED) is 0.566. The van der Waals surface area contributed by atoms with Gasteiger partial charge in [0, 0.05) is 36.3 Å². The van der Waals surface area contributed by atoms with Gasteiger partial charge in [0.05, 0.1) is 30.7 Å². The van der Waals surface area contributed by atoms with Gasteiger partial charge in [-0.2, -0.15) is 5.10 Å². The molecule has 33 heavy (non-hydrogen) atoms. The van der Waals surface area contributed by atoms with Gasteiger partial charge in [0.1, 0.15) is 17.1 Å². The molecule has 0 aliphatic carbocycles. The van der Waals surface area contributed by atoms with Gasteiger partial charge in [0.15, 0.2) is 0 Å². The number of anilines is 1. The summed E-state index contributed by atoms with van der Waals surface area (Å²) in [4.78, 5) is 15.0. The molecular weight excluding hydrogens is 447 g/mol. The van der Waals surface area contributed by atoms with Crippen LogP contribution in [0.5, 0.6) is 0 Å². The van der Waals surface area contributed by atoms with Crippen molar-refractivity contribution in [3.05, 3.63) is 57.3 Å². The molecule has 0 N–H and O–H groups in total. The highest BCUT2D eigenvalue weighted by Crippen LogP contribution is 2.37. The van der Waals surface area contributed by atoms with Crippen LogP contribution in [-0.2, 0) is 17.8 Å². The fraction of sp³-hybridized carbons (Fsp3) is 0.478. The molecule has 0 bridgehead atoms. The molecule has 3 aromatic rings. The van der Waals surface area contributed by atoms with Crippen LogP contribution in [0.3, 0.4) is 0 Å². The van der Waals surface area contributed by atoms with Crippen LogP contribution in [0, 0.1) is 11.7 Å². The molecule has 1 aromatic carbocycles. The van der Waals surface area contributed by atoms with Crippen molar-refractivity contribution in [1.29, 1.82) is 0 Å². The molecule has 174 valence electrons. The summed E-state index contributed by atoms with van der Waals surface area (Å²) in [5, 5.41) is 13.0. The molecule has 0 amide bonds. The van der Waals surface area contributed by atoms with Gasteiger partial charge in [-0.25, -0.2) is 13.8 Å². The third-order valence-corrected chi connectivity index (χ3v) is 6.80. The van der Waals surface area contributed by atoms with E-state index in [1.54, 1.807) is 29.1 Å². The number of ether oxygens (including phenoxy) is 1. The summed E-state index contributed by atoms with van der Waals surface area (Å²) >= 11 is 5.89. The van der Waals surface area contributed by atoms with E-state index in [0.29, 0.717) is 28.9 Å². The molecule has 2 aromatic heterocycles. The van der Waals surface area contributed by atoms with Crippen molar-refractivity contribution in [2.45, 2.75) is 45.4 Å². The molecule has 2 aliphatic rings. The first-order valence-corrected chi connectivity index (χ1v) is 11.6. The van der Waals surface area contributed by atoms with E-state index in [1.807, 2.05) is 6.92 Å². The van der Waals surface area contributed by atoms with E-state index < -0.39 is 5.82 Å². The lowest BCUT2D eigenvalue weighted by Gasteiger charge is -2.53. The van der Waals surface area contributed by atoms with Crippen molar-refractivity contribution in [1.82, 2.24) is 24.8 Å². The summed E-state index contributed by atoms with van der Waals surface area (Å²) in [6.07, 6.45) is 3.92. The summed E-state index contributed by atoms with van der Waals surface area (Å²) in [6.45, 7) is 7.12. The Balaban J connectivity index is 1.37. The maximum absolute atomic E-state index is 14.5. The third kappa shape index (κ3) is 4.15. The zero-order valence-corrected chi connectivity index (χ0v) is 19.4. The molecule has 1 atom stereocenters. The van der Waals surface area contributed by atoms with Crippen LogP contribution in [-0.4, -0.2) is 50.1 Å². The van der Waals surface area contributed by atoms with E-state index in [0.717, 1.165) is 31.8 Å². The predicted molar refractivity (Wildman–Crippen MR) is 123 cm³/mol. The normalized spacial score (nSPS) is 19.6. The molecule has 2 aliphatic heterocycles. The second kappa shape index (κ2) is 8.53. The van der Waals surface area contributed by atoms with Crippen LogP contribution in [0.25, 0.3) is 11.3 Å². The Kier molecular flexibility index (Phi) is 5.70. The molecule has 4 heterocycles. The summed E-state index contributed by atoms with van der Waals surface area (Å²) < 4.78 is 23.6. The molecule has 8 nitrogen and oxygen atoms in total. The van der Waals surface area contributed by atoms with Crippen molar-refractivity contribution in [2.24, 2.45) is 5.92 Å². The highest BCUT2D eigenvalue weighted by molar-refractivity contribution is 6.30. The van der Waals surface area contributed by atoms with E-state index in [-0.39, 0.29) is 23.3 Å². The van der Waals surface area contributed by atoms with Crippen molar-refractivity contribution in [2.75, 3.05) is 24.6 Å². The van der Waals surface area contributed by atoms with E-state index in [9.17, 15) is 9.18 Å². The first-order chi connectivity index (χ1) is 15.9. The van der Waals surface area contributed by atoms with Crippen molar-refractivity contribution in [3.63, 3.8) is 0 Å². The van der Waals surface area contributed by atoms with Crippen molar-refractivity contribution in [3.8, 4) is 11.3 Å². The van der Waals surface area contributed by atoms with Crippen LogP contribution in [0.15, 0.2) is 35.3 Å². The number of aromatic nitrogens is 5. The maximum Gasteiger partial charge on any atom is 0.269 e. The molecule has 10 heteroatoms. The fourth-order valence-corrected chi connectivity index (χ4v) is 4.72. The highest BCUT2D eigenvalue weighted by atomic mass is 35.5. The Hall–Kier alpha value is -2.78. The Morgan fingerprint density at radius 2 is 2.09 bits per heavy atom. The van der Waals surface area contributed by atoms with Crippen LogP contribution in [0.4, 0.5) is 10.1 Å². The topological polar surface area (TPSA) is 78.1 Å². The van der Waals surface area contributed by atoms with Gasteiger partial charge >= 0.3 is 0 Å². The Bertz CT molecular complexity index is 1230. The van der Waals surface area contributed by atoms with Crippen molar-refractivity contribution < 1.29 is 9.13 Å². The zero-order chi connectivity index (χ0) is 23.2. The number of benzene rings is 1. The number of rotatable bonds is 5. The average molecular weight is 473 g/mol. The number of aryl methyl sites for hydroxylation is 1. The molecular formula is C23H26ClFN6O2.